The highest BCUT2D eigenvalue weighted by atomic mass is 16.4. The maximum atomic E-state index is 11.2. The molecule has 0 unspecified atom stereocenters. The van der Waals surface area contributed by atoms with E-state index in [-0.39, 0.29) is 18.7 Å². The lowest BCUT2D eigenvalue weighted by Crippen LogP contribution is -2.13. The van der Waals surface area contributed by atoms with E-state index in [1.165, 1.54) is 6.20 Å². The molecule has 0 fully saturated rings. The van der Waals surface area contributed by atoms with Crippen molar-refractivity contribution >= 4 is 17.6 Å². The van der Waals surface area contributed by atoms with Gasteiger partial charge >= 0.3 is 5.97 Å². The van der Waals surface area contributed by atoms with Crippen LogP contribution in [0.15, 0.2) is 18.3 Å². The highest BCUT2D eigenvalue weighted by molar-refractivity contribution is 5.92. The summed E-state index contributed by atoms with van der Waals surface area (Å²) in [5, 5.41) is 10.9. The second-order valence-electron chi connectivity index (χ2n) is 3.13. The maximum Gasteiger partial charge on any atom is 0.303 e. The summed E-state index contributed by atoms with van der Waals surface area (Å²) < 4.78 is 0. The molecule has 15 heavy (non-hydrogen) atoms. The average molecular weight is 208 g/mol. The fourth-order valence-corrected chi connectivity index (χ4v) is 0.986. The Morgan fingerprint density at radius 3 is 2.67 bits per heavy atom. The van der Waals surface area contributed by atoms with E-state index in [9.17, 15) is 9.59 Å². The number of aromatic nitrogens is 1. The summed E-state index contributed by atoms with van der Waals surface area (Å²) in [7, 11) is 0. The van der Waals surface area contributed by atoms with Gasteiger partial charge in [-0.3, -0.25) is 14.6 Å². The molecule has 0 saturated heterocycles. The van der Waals surface area contributed by atoms with Gasteiger partial charge in [0, 0.05) is 12.1 Å². The standard InChI is InChI=1S/C10H12N2O3/c1-7-2-3-8(6-11-7)12-9(13)4-5-10(14)15/h2-3,6H,4-5H2,1H3,(H,12,13)(H,14,15). The van der Waals surface area contributed by atoms with Crippen LogP contribution in [-0.4, -0.2) is 22.0 Å². The van der Waals surface area contributed by atoms with Crippen LogP contribution < -0.4 is 5.32 Å². The quantitative estimate of drug-likeness (QED) is 0.779. The van der Waals surface area contributed by atoms with Gasteiger partial charge in [-0.2, -0.15) is 0 Å². The number of pyridine rings is 1. The highest BCUT2D eigenvalue weighted by Gasteiger charge is 2.05. The Bertz CT molecular complexity index is 359. The fourth-order valence-electron chi connectivity index (χ4n) is 0.986. The third kappa shape index (κ3) is 4.21. The SMILES string of the molecule is Cc1ccc(NC(=O)CCC(=O)O)cn1. The van der Waals surface area contributed by atoms with E-state index in [0.717, 1.165) is 5.69 Å². The molecule has 0 atom stereocenters. The predicted octanol–water partition coefficient (Wildman–Crippen LogP) is 1.19. The van der Waals surface area contributed by atoms with Crippen LogP contribution in [0.1, 0.15) is 18.5 Å². The van der Waals surface area contributed by atoms with Crippen LogP contribution in [0.5, 0.6) is 0 Å². The highest BCUT2D eigenvalue weighted by Crippen LogP contribution is 2.06. The van der Waals surface area contributed by atoms with Gasteiger partial charge in [0.2, 0.25) is 5.91 Å². The van der Waals surface area contributed by atoms with Crippen molar-refractivity contribution < 1.29 is 14.7 Å². The molecule has 1 amide bonds. The van der Waals surface area contributed by atoms with Crippen molar-refractivity contribution in [3.63, 3.8) is 0 Å². The van der Waals surface area contributed by atoms with Crippen LogP contribution in [0, 0.1) is 6.92 Å². The molecule has 0 saturated carbocycles. The van der Waals surface area contributed by atoms with Gasteiger partial charge < -0.3 is 10.4 Å². The number of rotatable bonds is 4. The first-order valence-corrected chi connectivity index (χ1v) is 4.52. The van der Waals surface area contributed by atoms with Gasteiger partial charge in [0.1, 0.15) is 0 Å². The van der Waals surface area contributed by atoms with E-state index >= 15 is 0 Å². The number of carbonyl (C=O) groups excluding carboxylic acids is 1. The lowest BCUT2D eigenvalue weighted by molar-refractivity contribution is -0.138. The van der Waals surface area contributed by atoms with Gasteiger partial charge in [0.05, 0.1) is 18.3 Å². The van der Waals surface area contributed by atoms with Crippen molar-refractivity contribution in [1.82, 2.24) is 4.98 Å². The summed E-state index contributed by atoms with van der Waals surface area (Å²) in [6.45, 7) is 1.84. The molecule has 80 valence electrons. The summed E-state index contributed by atoms with van der Waals surface area (Å²) in [6.07, 6.45) is 1.35. The van der Waals surface area contributed by atoms with E-state index in [0.29, 0.717) is 5.69 Å². The largest absolute Gasteiger partial charge is 0.481 e. The number of amides is 1. The maximum absolute atomic E-state index is 11.2. The van der Waals surface area contributed by atoms with Crippen LogP contribution in [0.2, 0.25) is 0 Å². The molecule has 1 rings (SSSR count). The fraction of sp³-hybridized carbons (Fsp3) is 0.300. The lowest BCUT2D eigenvalue weighted by Gasteiger charge is -2.03. The molecule has 0 bridgehead atoms. The van der Waals surface area contributed by atoms with Gasteiger partial charge in [0.25, 0.3) is 0 Å². The first-order valence-electron chi connectivity index (χ1n) is 4.52. The number of anilines is 1. The Morgan fingerprint density at radius 2 is 2.13 bits per heavy atom. The van der Waals surface area contributed by atoms with Crippen LogP contribution in [-0.2, 0) is 9.59 Å². The van der Waals surface area contributed by atoms with Crippen LogP contribution >= 0.6 is 0 Å². The van der Waals surface area contributed by atoms with Crippen molar-refractivity contribution in [3.05, 3.63) is 24.0 Å². The third-order valence-electron chi connectivity index (χ3n) is 1.76. The molecule has 1 aromatic rings. The number of carboxylic acids is 1. The van der Waals surface area contributed by atoms with Crippen LogP contribution in [0.25, 0.3) is 0 Å². The summed E-state index contributed by atoms with van der Waals surface area (Å²) >= 11 is 0. The van der Waals surface area contributed by atoms with E-state index < -0.39 is 5.97 Å². The summed E-state index contributed by atoms with van der Waals surface area (Å²) in [4.78, 5) is 25.4. The van der Waals surface area contributed by atoms with Crippen molar-refractivity contribution in [2.75, 3.05) is 5.32 Å². The lowest BCUT2D eigenvalue weighted by atomic mass is 10.3. The minimum Gasteiger partial charge on any atom is -0.481 e. The molecule has 5 nitrogen and oxygen atoms in total. The predicted molar refractivity (Wildman–Crippen MR) is 54.5 cm³/mol. The van der Waals surface area contributed by atoms with Crippen molar-refractivity contribution in [3.8, 4) is 0 Å². The smallest absolute Gasteiger partial charge is 0.303 e. The van der Waals surface area contributed by atoms with Crippen molar-refractivity contribution in [2.24, 2.45) is 0 Å². The van der Waals surface area contributed by atoms with Gasteiger partial charge in [-0.1, -0.05) is 0 Å². The third-order valence-corrected chi connectivity index (χ3v) is 1.76. The van der Waals surface area contributed by atoms with E-state index in [2.05, 4.69) is 10.3 Å². The Morgan fingerprint density at radius 1 is 1.40 bits per heavy atom. The zero-order valence-electron chi connectivity index (χ0n) is 8.36. The molecule has 0 radical (unpaired) electrons. The summed E-state index contributed by atoms with van der Waals surface area (Å²) in [6, 6.07) is 3.49. The number of aryl methyl sites for hydroxylation is 1. The second kappa shape index (κ2) is 5.09. The number of carbonyl (C=O) groups is 2. The molecule has 0 aliphatic carbocycles. The first-order chi connectivity index (χ1) is 7.08. The van der Waals surface area contributed by atoms with E-state index in [1.54, 1.807) is 12.1 Å². The number of aliphatic carboxylic acids is 1. The topological polar surface area (TPSA) is 79.3 Å². The Balaban J connectivity index is 2.44. The van der Waals surface area contributed by atoms with Crippen molar-refractivity contribution in [1.29, 1.82) is 0 Å². The molecular formula is C10H12N2O3. The van der Waals surface area contributed by atoms with Gasteiger partial charge in [0.15, 0.2) is 0 Å². The number of hydrogen-bond acceptors (Lipinski definition) is 3. The second-order valence-corrected chi connectivity index (χ2v) is 3.13. The minimum atomic E-state index is -0.979. The molecule has 0 aromatic carbocycles. The molecule has 1 heterocycles. The van der Waals surface area contributed by atoms with E-state index in [4.69, 9.17) is 5.11 Å². The minimum absolute atomic E-state index is 0.0246. The number of nitrogens with zero attached hydrogens (tertiary/aromatic N) is 1. The van der Waals surface area contributed by atoms with Gasteiger partial charge in [-0.05, 0) is 19.1 Å². The monoisotopic (exact) mass is 208 g/mol. The summed E-state index contributed by atoms with van der Waals surface area (Å²) in [5.41, 5.74) is 1.44. The number of carboxylic acid groups (broad SMARTS) is 1. The van der Waals surface area contributed by atoms with Crippen LogP contribution in [0.4, 0.5) is 5.69 Å². The molecule has 1 aromatic heterocycles. The molecule has 5 heteroatoms. The number of hydrogen-bond donors (Lipinski definition) is 2. The summed E-state index contributed by atoms with van der Waals surface area (Å²) in [5.74, 6) is -1.30. The molecular weight excluding hydrogens is 196 g/mol. The van der Waals surface area contributed by atoms with Gasteiger partial charge in [-0.15, -0.1) is 0 Å². The van der Waals surface area contributed by atoms with E-state index in [1.807, 2.05) is 6.92 Å². The molecule has 0 aliphatic rings. The Kier molecular flexibility index (Phi) is 3.79. The Labute approximate surface area is 87.1 Å². The number of nitrogens with one attached hydrogen (secondary N) is 1. The zero-order valence-corrected chi connectivity index (χ0v) is 8.36. The normalized spacial score (nSPS) is 9.67. The molecule has 0 aliphatic heterocycles. The average Bonchev–Trinajstić information content (AvgIpc) is 2.19. The van der Waals surface area contributed by atoms with Crippen molar-refractivity contribution in [2.45, 2.75) is 19.8 Å². The molecule has 0 spiro atoms. The van der Waals surface area contributed by atoms with Gasteiger partial charge in [-0.25, -0.2) is 0 Å². The van der Waals surface area contributed by atoms with Crippen LogP contribution in [0.3, 0.4) is 0 Å². The Hall–Kier alpha value is -1.91. The zero-order chi connectivity index (χ0) is 11.3. The molecule has 2 N–H and O–H groups in total. The first kappa shape index (κ1) is 11.2.